The summed E-state index contributed by atoms with van der Waals surface area (Å²) in [5, 5.41) is 0. The first-order valence-corrected chi connectivity index (χ1v) is 11.3. The van der Waals surface area contributed by atoms with Crippen molar-refractivity contribution in [1.82, 2.24) is 0 Å². The molecule has 0 aliphatic heterocycles. The molecule has 25 heavy (non-hydrogen) atoms. The summed E-state index contributed by atoms with van der Waals surface area (Å²) in [6.45, 7) is 6.07. The van der Waals surface area contributed by atoms with Crippen LogP contribution in [-0.4, -0.2) is 21.5 Å². The van der Waals surface area contributed by atoms with Gasteiger partial charge in [0.05, 0.1) is 0 Å². The molecule has 0 radical (unpaired) electrons. The fraction of sp³-hybridized carbons (Fsp3) is 0.143. The molecular weight excluding hydrogens is 422 g/mol. The molecule has 0 fully saturated rings. The average Bonchev–Trinajstić information content (AvgIpc) is 2.61. The number of para-hydroxylation sites is 3. The molecule has 0 saturated carbocycles. The topological polar surface area (TPSA) is 27.7 Å². The number of aryl methyl sites for hydroxylation is 3. The first-order valence-electron chi connectivity index (χ1n) is 8.14. The van der Waals surface area contributed by atoms with Gasteiger partial charge >= 0.3 is 158 Å². The van der Waals surface area contributed by atoms with Gasteiger partial charge in [-0.05, 0) is 0 Å². The molecule has 0 spiro atoms. The van der Waals surface area contributed by atoms with E-state index in [0.29, 0.717) is 0 Å². The van der Waals surface area contributed by atoms with Crippen LogP contribution in [0.4, 0.5) is 0 Å². The van der Waals surface area contributed by atoms with Crippen LogP contribution in [0.1, 0.15) is 16.7 Å². The van der Waals surface area contributed by atoms with Crippen LogP contribution in [0.25, 0.3) is 0 Å². The van der Waals surface area contributed by atoms with Gasteiger partial charge in [0.25, 0.3) is 0 Å². The van der Waals surface area contributed by atoms with Crippen LogP contribution in [0.15, 0.2) is 72.8 Å². The molecule has 0 atom stereocenters. The molecule has 3 nitrogen and oxygen atoms in total. The number of benzene rings is 3. The van der Waals surface area contributed by atoms with Gasteiger partial charge in [-0.3, -0.25) is 0 Å². The van der Waals surface area contributed by atoms with Gasteiger partial charge in [-0.25, -0.2) is 0 Å². The van der Waals surface area contributed by atoms with Gasteiger partial charge in [0, 0.05) is 0 Å². The first kappa shape index (κ1) is 17.7. The van der Waals surface area contributed by atoms with Crippen molar-refractivity contribution in [2.24, 2.45) is 0 Å². The minimum atomic E-state index is -3.01. The van der Waals surface area contributed by atoms with Crippen molar-refractivity contribution in [3.8, 4) is 17.2 Å². The van der Waals surface area contributed by atoms with E-state index in [9.17, 15) is 0 Å². The van der Waals surface area contributed by atoms with Crippen LogP contribution in [0.2, 0.25) is 0 Å². The third kappa shape index (κ3) is 4.70. The van der Waals surface area contributed by atoms with E-state index in [0.717, 1.165) is 33.9 Å². The summed E-state index contributed by atoms with van der Waals surface area (Å²) < 4.78 is 18.6. The predicted octanol–water partition coefficient (Wildman–Crippen LogP) is 5.13. The SMILES string of the molecule is Cc1ccccc1[O][Sb]([O]c1ccccc1C)[O]c1ccccc1C. The number of rotatable bonds is 6. The summed E-state index contributed by atoms with van der Waals surface area (Å²) in [5.74, 6) is 2.44. The predicted molar refractivity (Wildman–Crippen MR) is 101 cm³/mol. The van der Waals surface area contributed by atoms with Crippen molar-refractivity contribution in [3.63, 3.8) is 0 Å². The molecule has 3 aromatic rings. The summed E-state index contributed by atoms with van der Waals surface area (Å²) in [6, 6.07) is 23.8. The number of hydrogen-bond acceptors (Lipinski definition) is 3. The molecule has 128 valence electrons. The molecule has 0 aliphatic rings. The average molecular weight is 443 g/mol. The molecule has 0 bridgehead atoms. The summed E-state index contributed by atoms with van der Waals surface area (Å²) in [7, 11) is 0. The number of hydrogen-bond donors (Lipinski definition) is 0. The van der Waals surface area contributed by atoms with Crippen LogP contribution in [-0.2, 0) is 0 Å². The van der Waals surface area contributed by atoms with E-state index in [2.05, 4.69) is 0 Å². The molecular formula is C21H21O3Sb. The zero-order valence-corrected chi connectivity index (χ0v) is 17.2. The summed E-state index contributed by atoms with van der Waals surface area (Å²) in [6.07, 6.45) is 0. The fourth-order valence-electron chi connectivity index (χ4n) is 2.27. The molecule has 0 amide bonds. The molecule has 4 heteroatoms. The Bertz CT molecular complexity index is 735. The van der Waals surface area contributed by atoms with Crippen molar-refractivity contribution in [2.75, 3.05) is 0 Å². The van der Waals surface area contributed by atoms with E-state index in [1.165, 1.54) is 0 Å². The van der Waals surface area contributed by atoms with Gasteiger partial charge in [-0.1, -0.05) is 0 Å². The van der Waals surface area contributed by atoms with Crippen molar-refractivity contribution in [1.29, 1.82) is 0 Å². The Morgan fingerprint density at radius 2 is 0.760 bits per heavy atom. The van der Waals surface area contributed by atoms with Crippen LogP contribution in [0.5, 0.6) is 17.2 Å². The quantitative estimate of drug-likeness (QED) is 0.495. The van der Waals surface area contributed by atoms with E-state index in [1.807, 2.05) is 93.6 Å². The fourth-order valence-corrected chi connectivity index (χ4v) is 5.72. The third-order valence-corrected chi connectivity index (χ3v) is 6.76. The van der Waals surface area contributed by atoms with Crippen LogP contribution < -0.4 is 9.05 Å². The second-order valence-electron chi connectivity index (χ2n) is 5.79. The Kier molecular flexibility index (Phi) is 5.88. The molecule has 0 saturated heterocycles. The maximum atomic E-state index is 6.20. The van der Waals surface area contributed by atoms with E-state index >= 15 is 0 Å². The molecule has 0 aliphatic carbocycles. The van der Waals surface area contributed by atoms with Crippen molar-refractivity contribution in [2.45, 2.75) is 20.8 Å². The van der Waals surface area contributed by atoms with Gasteiger partial charge in [-0.15, -0.1) is 0 Å². The zero-order valence-electron chi connectivity index (χ0n) is 14.6. The van der Waals surface area contributed by atoms with Crippen LogP contribution in [0, 0.1) is 20.8 Å². The Morgan fingerprint density at radius 1 is 0.480 bits per heavy atom. The maximum absolute atomic E-state index is 6.20. The van der Waals surface area contributed by atoms with Crippen LogP contribution >= 0.6 is 0 Å². The molecule has 0 heterocycles. The molecule has 3 aromatic carbocycles. The summed E-state index contributed by atoms with van der Waals surface area (Å²) in [4.78, 5) is 0. The minimum absolute atomic E-state index is 0.813. The second-order valence-corrected chi connectivity index (χ2v) is 8.63. The Balaban J connectivity index is 1.86. The van der Waals surface area contributed by atoms with Crippen molar-refractivity contribution in [3.05, 3.63) is 89.5 Å². The van der Waals surface area contributed by atoms with Crippen molar-refractivity contribution < 1.29 is 9.05 Å². The Labute approximate surface area is 157 Å². The van der Waals surface area contributed by atoms with Gasteiger partial charge in [0.1, 0.15) is 0 Å². The molecule has 0 unspecified atom stereocenters. The second kappa shape index (κ2) is 8.31. The summed E-state index contributed by atoms with van der Waals surface area (Å²) in [5.41, 5.74) is 3.20. The standard InChI is InChI=1S/3C7H8O.Sb/c3*1-6-4-2-3-5-7(6)8;/h3*2-5,8H,1H3;/q;;;+3/p-3. The molecule has 0 aromatic heterocycles. The van der Waals surface area contributed by atoms with E-state index in [-0.39, 0.29) is 0 Å². The Hall–Kier alpha value is -2.12. The van der Waals surface area contributed by atoms with E-state index in [4.69, 9.17) is 9.05 Å². The third-order valence-electron chi connectivity index (χ3n) is 3.80. The monoisotopic (exact) mass is 442 g/mol. The first-order chi connectivity index (χ1) is 12.1. The van der Waals surface area contributed by atoms with Gasteiger partial charge in [0.15, 0.2) is 0 Å². The normalized spacial score (nSPS) is 10.6. The van der Waals surface area contributed by atoms with Gasteiger partial charge in [-0.2, -0.15) is 0 Å². The molecule has 3 rings (SSSR count). The van der Waals surface area contributed by atoms with E-state index < -0.39 is 21.5 Å². The van der Waals surface area contributed by atoms with Gasteiger partial charge in [0.2, 0.25) is 0 Å². The molecule has 0 N–H and O–H groups in total. The van der Waals surface area contributed by atoms with Gasteiger partial charge < -0.3 is 0 Å². The van der Waals surface area contributed by atoms with E-state index in [1.54, 1.807) is 0 Å². The van der Waals surface area contributed by atoms with Crippen LogP contribution in [0.3, 0.4) is 0 Å². The summed E-state index contributed by atoms with van der Waals surface area (Å²) >= 11 is -3.01. The van der Waals surface area contributed by atoms with Crippen molar-refractivity contribution >= 4 is 21.5 Å². The zero-order chi connectivity index (χ0) is 17.6. The Morgan fingerprint density at radius 3 is 1.04 bits per heavy atom.